The summed E-state index contributed by atoms with van der Waals surface area (Å²) >= 11 is 0. The molecule has 192 valence electrons. The SMILES string of the molecule is CC(C)(C)Cn1cc(C(NS(=O)(=O)C2CCC2)C(F)(F)F)c2cc(F)c(-c3ncccc3C#N)cc21. The second-order valence-corrected chi connectivity index (χ2v) is 12.3. The maximum absolute atomic E-state index is 15.4. The van der Waals surface area contributed by atoms with Crippen molar-refractivity contribution in [2.75, 3.05) is 0 Å². The molecule has 1 saturated carbocycles. The van der Waals surface area contributed by atoms with Gasteiger partial charge in [-0.15, -0.1) is 0 Å². The van der Waals surface area contributed by atoms with E-state index in [4.69, 9.17) is 0 Å². The molecule has 0 bridgehead atoms. The number of aromatic nitrogens is 2. The molecule has 0 saturated heterocycles. The molecule has 1 unspecified atom stereocenters. The van der Waals surface area contributed by atoms with Gasteiger partial charge in [-0.3, -0.25) is 4.98 Å². The van der Waals surface area contributed by atoms with Crippen LogP contribution >= 0.6 is 0 Å². The highest BCUT2D eigenvalue weighted by Gasteiger charge is 2.46. The van der Waals surface area contributed by atoms with E-state index in [1.165, 1.54) is 30.6 Å². The van der Waals surface area contributed by atoms with Crippen LogP contribution in [0.3, 0.4) is 0 Å². The van der Waals surface area contributed by atoms with Crippen LogP contribution in [0.15, 0.2) is 36.7 Å². The number of sulfonamides is 1. The van der Waals surface area contributed by atoms with Crippen molar-refractivity contribution in [3.05, 3.63) is 53.6 Å². The van der Waals surface area contributed by atoms with Gasteiger partial charge in [0, 0.05) is 41.0 Å². The molecule has 0 aliphatic heterocycles. The number of fused-ring (bicyclic) bond motifs is 1. The Kier molecular flexibility index (Phi) is 6.64. The van der Waals surface area contributed by atoms with Crippen molar-refractivity contribution in [1.29, 1.82) is 5.26 Å². The van der Waals surface area contributed by atoms with Gasteiger partial charge in [0.05, 0.1) is 16.5 Å². The van der Waals surface area contributed by atoms with Gasteiger partial charge < -0.3 is 4.57 Å². The van der Waals surface area contributed by atoms with E-state index in [2.05, 4.69) is 4.98 Å². The molecule has 0 spiro atoms. The van der Waals surface area contributed by atoms with Gasteiger partial charge in [0.2, 0.25) is 10.0 Å². The molecule has 36 heavy (non-hydrogen) atoms. The molecule has 11 heteroatoms. The molecule has 6 nitrogen and oxygen atoms in total. The second kappa shape index (κ2) is 9.16. The van der Waals surface area contributed by atoms with Crippen molar-refractivity contribution in [1.82, 2.24) is 14.3 Å². The predicted molar refractivity (Wildman–Crippen MR) is 128 cm³/mol. The number of rotatable bonds is 6. The molecule has 2 heterocycles. The smallest absolute Gasteiger partial charge is 0.347 e. The predicted octanol–water partition coefficient (Wildman–Crippen LogP) is 5.84. The Bertz CT molecular complexity index is 1450. The lowest BCUT2D eigenvalue weighted by atomic mass is 9.96. The van der Waals surface area contributed by atoms with Crippen molar-refractivity contribution >= 4 is 20.9 Å². The summed E-state index contributed by atoms with van der Waals surface area (Å²) < 4.78 is 86.9. The Hall–Kier alpha value is -2.97. The third-order valence-corrected chi connectivity index (χ3v) is 8.15. The van der Waals surface area contributed by atoms with E-state index in [1.807, 2.05) is 31.6 Å². The number of hydrogen-bond acceptors (Lipinski definition) is 4. The topological polar surface area (TPSA) is 87.8 Å². The van der Waals surface area contributed by atoms with E-state index in [-0.39, 0.29) is 45.2 Å². The first-order chi connectivity index (χ1) is 16.7. The van der Waals surface area contributed by atoms with E-state index in [9.17, 15) is 26.9 Å². The first-order valence-electron chi connectivity index (χ1n) is 11.5. The summed E-state index contributed by atoms with van der Waals surface area (Å²) in [5.74, 6) is -0.866. The van der Waals surface area contributed by atoms with Gasteiger partial charge in [0.15, 0.2) is 0 Å². The minimum absolute atomic E-state index is 0.0296. The molecule has 1 aromatic carbocycles. The monoisotopic (exact) mass is 522 g/mol. The van der Waals surface area contributed by atoms with Gasteiger partial charge >= 0.3 is 6.18 Å². The second-order valence-electron chi connectivity index (χ2n) is 10.3. The summed E-state index contributed by atoms with van der Waals surface area (Å²) in [5.41, 5.74) is -0.300. The standard InChI is InChI=1S/C25H26F4N4O2S/c1-24(2,3)14-33-13-19(23(25(27,28)29)32-36(34,35)16-7-4-8-16)17-10-20(26)18(11-21(17)33)22-15(12-30)6-5-9-31-22/h5-6,9-11,13,16,23,32H,4,7-8,14H2,1-3H3. The third kappa shape index (κ3) is 5.11. The number of nitriles is 1. The Morgan fingerprint density at radius 2 is 1.94 bits per heavy atom. The number of halogens is 4. The molecule has 1 fully saturated rings. The van der Waals surface area contributed by atoms with E-state index >= 15 is 4.39 Å². The van der Waals surface area contributed by atoms with Crippen LogP contribution in [0.25, 0.3) is 22.2 Å². The van der Waals surface area contributed by atoms with E-state index < -0.39 is 33.3 Å². The van der Waals surface area contributed by atoms with E-state index in [0.717, 1.165) is 6.07 Å². The molecule has 0 amide bonds. The number of nitrogens with one attached hydrogen (secondary N) is 1. The lowest BCUT2D eigenvalue weighted by Gasteiger charge is -2.29. The van der Waals surface area contributed by atoms with Gasteiger partial charge in [-0.1, -0.05) is 27.2 Å². The molecule has 1 aliphatic rings. The van der Waals surface area contributed by atoms with Crippen LogP contribution in [0.5, 0.6) is 0 Å². The zero-order valence-corrected chi connectivity index (χ0v) is 20.8. The third-order valence-electron chi connectivity index (χ3n) is 6.24. The van der Waals surface area contributed by atoms with Gasteiger partial charge in [0.1, 0.15) is 17.9 Å². The summed E-state index contributed by atoms with van der Waals surface area (Å²) in [6.07, 6.45) is -1.08. The lowest BCUT2D eigenvalue weighted by molar-refractivity contribution is -0.152. The zero-order valence-electron chi connectivity index (χ0n) is 20.0. The first-order valence-corrected chi connectivity index (χ1v) is 13.0. The van der Waals surface area contributed by atoms with Crippen molar-refractivity contribution in [3.63, 3.8) is 0 Å². The summed E-state index contributed by atoms with van der Waals surface area (Å²) in [6, 6.07) is 4.75. The Balaban J connectivity index is 1.94. The maximum atomic E-state index is 15.4. The lowest BCUT2D eigenvalue weighted by Crippen LogP contribution is -2.44. The molecular weight excluding hydrogens is 496 g/mol. The largest absolute Gasteiger partial charge is 0.408 e. The number of benzene rings is 1. The Morgan fingerprint density at radius 3 is 2.50 bits per heavy atom. The zero-order chi connectivity index (χ0) is 26.5. The molecule has 2 aromatic heterocycles. The van der Waals surface area contributed by atoms with Crippen LogP contribution in [0, 0.1) is 22.6 Å². The van der Waals surface area contributed by atoms with Gasteiger partial charge in [0.25, 0.3) is 0 Å². The molecule has 1 N–H and O–H groups in total. The van der Waals surface area contributed by atoms with Crippen LogP contribution in [-0.4, -0.2) is 29.4 Å². The minimum atomic E-state index is -4.96. The first kappa shape index (κ1) is 26.1. The highest BCUT2D eigenvalue weighted by molar-refractivity contribution is 7.90. The number of hydrogen-bond donors (Lipinski definition) is 1. The average molecular weight is 523 g/mol. The summed E-state index contributed by atoms with van der Waals surface area (Å²) in [7, 11) is -4.24. The molecule has 0 radical (unpaired) electrons. The number of nitrogens with zero attached hydrogens (tertiary/aromatic N) is 3. The number of pyridine rings is 1. The minimum Gasteiger partial charge on any atom is -0.347 e. The Labute approximate surface area is 207 Å². The van der Waals surface area contributed by atoms with Gasteiger partial charge in [-0.25, -0.2) is 12.8 Å². The molecule has 1 aliphatic carbocycles. The van der Waals surface area contributed by atoms with Crippen LogP contribution in [0.1, 0.15) is 57.2 Å². The fraction of sp³-hybridized carbons (Fsp3) is 0.440. The van der Waals surface area contributed by atoms with Crippen LogP contribution in [-0.2, 0) is 16.6 Å². The fourth-order valence-corrected chi connectivity index (χ4v) is 6.08. The highest BCUT2D eigenvalue weighted by atomic mass is 32.2. The van der Waals surface area contributed by atoms with E-state index in [0.29, 0.717) is 19.3 Å². The fourth-order valence-electron chi connectivity index (χ4n) is 4.35. The van der Waals surface area contributed by atoms with Crippen molar-refractivity contribution < 1.29 is 26.0 Å². The molecule has 1 atom stereocenters. The quantitative estimate of drug-likeness (QED) is 0.412. The van der Waals surface area contributed by atoms with Crippen LogP contribution in [0.2, 0.25) is 0 Å². The average Bonchev–Trinajstić information content (AvgIpc) is 3.04. The molecule has 3 aromatic rings. The highest BCUT2D eigenvalue weighted by Crippen LogP contribution is 2.41. The molecule has 4 rings (SSSR count). The van der Waals surface area contributed by atoms with Crippen LogP contribution < -0.4 is 4.72 Å². The molecular formula is C25H26F4N4O2S. The Morgan fingerprint density at radius 1 is 1.25 bits per heavy atom. The maximum Gasteiger partial charge on any atom is 0.408 e. The number of alkyl halides is 3. The summed E-state index contributed by atoms with van der Waals surface area (Å²) in [4.78, 5) is 4.11. The van der Waals surface area contributed by atoms with Gasteiger partial charge in [-0.05, 0) is 42.5 Å². The van der Waals surface area contributed by atoms with Crippen molar-refractivity contribution in [2.45, 2.75) is 64.0 Å². The summed E-state index contributed by atoms with van der Waals surface area (Å²) in [5, 5.41) is 8.49. The normalized spacial score (nSPS) is 16.1. The van der Waals surface area contributed by atoms with Gasteiger partial charge in [-0.2, -0.15) is 23.2 Å². The summed E-state index contributed by atoms with van der Waals surface area (Å²) in [6.45, 7) is 5.98. The van der Waals surface area contributed by atoms with Crippen molar-refractivity contribution in [3.8, 4) is 17.3 Å². The van der Waals surface area contributed by atoms with Crippen LogP contribution in [0.4, 0.5) is 17.6 Å². The van der Waals surface area contributed by atoms with E-state index in [1.54, 1.807) is 4.57 Å². The van der Waals surface area contributed by atoms with Crippen molar-refractivity contribution in [2.24, 2.45) is 5.41 Å².